The van der Waals surface area contributed by atoms with Gasteiger partial charge in [-0.15, -0.1) is 0 Å². The summed E-state index contributed by atoms with van der Waals surface area (Å²) in [6.45, 7) is 0. The van der Waals surface area contributed by atoms with E-state index < -0.39 is 0 Å². The molecule has 1 aromatic heterocycles. The Morgan fingerprint density at radius 2 is 2.21 bits per heavy atom. The lowest BCUT2D eigenvalue weighted by Gasteiger charge is -2.02. The van der Waals surface area contributed by atoms with Gasteiger partial charge in [-0.25, -0.2) is 4.98 Å². The number of ether oxygens (including phenoxy) is 1. The van der Waals surface area contributed by atoms with Crippen LogP contribution in [-0.4, -0.2) is 22.2 Å². The van der Waals surface area contributed by atoms with E-state index in [2.05, 4.69) is 32.0 Å². The minimum absolute atomic E-state index is 0.0387. The van der Waals surface area contributed by atoms with E-state index in [0.717, 1.165) is 11.0 Å². The first-order valence-electron chi connectivity index (χ1n) is 6.85. The molecule has 0 fully saturated rings. The molecule has 0 aliphatic carbocycles. The summed E-state index contributed by atoms with van der Waals surface area (Å²) in [5, 5.41) is 19.3. The lowest BCUT2D eigenvalue weighted by molar-refractivity contribution is 0.415. The van der Waals surface area contributed by atoms with Gasteiger partial charge in [-0.1, -0.05) is 11.6 Å². The molecule has 0 atom stereocenters. The van der Waals surface area contributed by atoms with Crippen molar-refractivity contribution in [2.45, 2.75) is 0 Å². The van der Waals surface area contributed by atoms with E-state index in [-0.39, 0.29) is 10.8 Å². The molecule has 120 valence electrons. The Morgan fingerprint density at radius 3 is 2.88 bits per heavy atom. The first kappa shape index (κ1) is 16.4. The molecule has 1 heterocycles. The number of methoxy groups -OCH3 is 1. The van der Waals surface area contributed by atoms with Gasteiger partial charge in [0.1, 0.15) is 23.4 Å². The third-order valence-corrected chi connectivity index (χ3v) is 4.31. The van der Waals surface area contributed by atoms with E-state index >= 15 is 0 Å². The number of imidazole rings is 1. The fourth-order valence-corrected chi connectivity index (χ4v) is 3.05. The van der Waals surface area contributed by atoms with Crippen molar-refractivity contribution in [2.75, 3.05) is 7.11 Å². The maximum absolute atomic E-state index is 9.69. The summed E-state index contributed by atoms with van der Waals surface area (Å²) in [5.74, 6) is 1.11. The predicted molar refractivity (Wildman–Crippen MR) is 96.9 cm³/mol. The van der Waals surface area contributed by atoms with Gasteiger partial charge in [0.05, 0.1) is 33.2 Å². The number of nitrogens with zero attached hydrogens (tertiary/aromatic N) is 2. The summed E-state index contributed by atoms with van der Waals surface area (Å²) < 4.78 is 5.63. The molecule has 0 radical (unpaired) electrons. The van der Waals surface area contributed by atoms with Crippen LogP contribution in [0.15, 0.2) is 34.8 Å². The first-order chi connectivity index (χ1) is 11.5. The molecule has 2 aromatic carbocycles. The Balaban J connectivity index is 2.07. The molecule has 7 heteroatoms. The predicted octanol–water partition coefficient (Wildman–Crippen LogP) is 4.76. The van der Waals surface area contributed by atoms with Crippen LogP contribution in [-0.2, 0) is 0 Å². The molecule has 0 unspecified atom stereocenters. The Hall–Kier alpha value is -2.49. The quantitative estimate of drug-likeness (QED) is 0.617. The monoisotopic (exact) mass is 403 g/mol. The summed E-state index contributed by atoms with van der Waals surface area (Å²) in [7, 11) is 1.59. The van der Waals surface area contributed by atoms with Gasteiger partial charge < -0.3 is 14.8 Å². The van der Waals surface area contributed by atoms with Gasteiger partial charge in [0.25, 0.3) is 0 Å². The highest BCUT2D eigenvalue weighted by atomic mass is 79.9. The number of hydrogen-bond donors (Lipinski definition) is 2. The average molecular weight is 405 g/mol. The molecule has 0 aliphatic heterocycles. The summed E-state index contributed by atoms with van der Waals surface area (Å²) in [6.07, 6.45) is 1.64. The molecule has 0 bridgehead atoms. The van der Waals surface area contributed by atoms with Crippen molar-refractivity contribution in [3.63, 3.8) is 0 Å². The highest BCUT2D eigenvalue weighted by Gasteiger charge is 2.11. The molecule has 5 nitrogen and oxygen atoms in total. The van der Waals surface area contributed by atoms with Gasteiger partial charge in [0.2, 0.25) is 0 Å². The number of nitrogens with one attached hydrogen (secondary N) is 1. The number of aromatic nitrogens is 2. The van der Waals surface area contributed by atoms with Gasteiger partial charge in [-0.05, 0) is 51.8 Å². The second kappa shape index (κ2) is 6.56. The normalized spacial score (nSPS) is 11.5. The largest absolute Gasteiger partial charge is 0.505 e. The van der Waals surface area contributed by atoms with Crippen LogP contribution in [0.5, 0.6) is 11.5 Å². The van der Waals surface area contributed by atoms with Gasteiger partial charge in [-0.2, -0.15) is 5.26 Å². The molecule has 3 aromatic rings. The molecule has 0 saturated carbocycles. The molecule has 0 amide bonds. The SMILES string of the molecule is COc1ccc2nc(/C(C#N)=C/c3cc(Cl)c(O)c(Br)c3)[nH]c2c1. The van der Waals surface area contributed by atoms with E-state index in [1.807, 2.05) is 12.1 Å². The van der Waals surface area contributed by atoms with Crippen molar-refractivity contribution >= 4 is 50.2 Å². The van der Waals surface area contributed by atoms with Gasteiger partial charge >= 0.3 is 0 Å². The van der Waals surface area contributed by atoms with Crippen LogP contribution in [0, 0.1) is 11.3 Å². The van der Waals surface area contributed by atoms with Gasteiger partial charge in [0, 0.05) is 6.07 Å². The fourth-order valence-electron chi connectivity index (χ4n) is 2.23. The summed E-state index contributed by atoms with van der Waals surface area (Å²) in [5.41, 5.74) is 2.52. The molecule has 0 saturated heterocycles. The zero-order chi connectivity index (χ0) is 17.3. The Morgan fingerprint density at radius 1 is 1.42 bits per heavy atom. The van der Waals surface area contributed by atoms with Crippen LogP contribution in [0.25, 0.3) is 22.7 Å². The first-order valence-corrected chi connectivity index (χ1v) is 8.03. The van der Waals surface area contributed by atoms with E-state index in [1.165, 1.54) is 0 Å². The van der Waals surface area contributed by atoms with Crippen LogP contribution in [0.3, 0.4) is 0 Å². The molecular weight excluding hydrogens is 394 g/mol. The number of halogens is 2. The minimum Gasteiger partial charge on any atom is -0.505 e. The second-order valence-electron chi connectivity index (χ2n) is 4.97. The van der Waals surface area contributed by atoms with Crippen molar-refractivity contribution in [3.05, 3.63) is 51.2 Å². The summed E-state index contributed by atoms with van der Waals surface area (Å²) in [4.78, 5) is 7.53. The number of H-pyrrole nitrogens is 1. The number of allylic oxidation sites excluding steroid dienone is 1. The highest BCUT2D eigenvalue weighted by molar-refractivity contribution is 9.10. The number of nitriles is 1. The second-order valence-corrected chi connectivity index (χ2v) is 6.23. The van der Waals surface area contributed by atoms with Gasteiger partial charge in [0.15, 0.2) is 0 Å². The Labute approximate surface area is 151 Å². The third-order valence-electron chi connectivity index (χ3n) is 3.41. The van der Waals surface area contributed by atoms with Crippen LogP contribution in [0.2, 0.25) is 5.02 Å². The van der Waals surface area contributed by atoms with Crippen molar-refractivity contribution < 1.29 is 9.84 Å². The Bertz CT molecular complexity index is 982. The van der Waals surface area contributed by atoms with Gasteiger partial charge in [-0.3, -0.25) is 0 Å². The Kier molecular flexibility index (Phi) is 4.47. The smallest absolute Gasteiger partial charge is 0.149 e. The van der Waals surface area contributed by atoms with E-state index in [0.29, 0.717) is 27.2 Å². The van der Waals surface area contributed by atoms with Crippen molar-refractivity contribution in [3.8, 4) is 17.6 Å². The van der Waals surface area contributed by atoms with Crippen LogP contribution in [0.4, 0.5) is 0 Å². The maximum Gasteiger partial charge on any atom is 0.149 e. The summed E-state index contributed by atoms with van der Waals surface area (Å²) >= 11 is 9.18. The van der Waals surface area contributed by atoms with Crippen LogP contribution >= 0.6 is 27.5 Å². The van der Waals surface area contributed by atoms with E-state index in [4.69, 9.17) is 16.3 Å². The lowest BCUT2D eigenvalue weighted by Crippen LogP contribution is -1.85. The average Bonchev–Trinajstić information content (AvgIpc) is 3.00. The molecule has 24 heavy (non-hydrogen) atoms. The number of benzene rings is 2. The van der Waals surface area contributed by atoms with Crippen molar-refractivity contribution in [1.82, 2.24) is 9.97 Å². The third kappa shape index (κ3) is 3.09. The van der Waals surface area contributed by atoms with E-state index in [9.17, 15) is 10.4 Å². The number of phenolic OH excluding ortho intramolecular Hbond substituents is 1. The molecule has 2 N–H and O–H groups in total. The maximum atomic E-state index is 9.69. The van der Waals surface area contributed by atoms with E-state index in [1.54, 1.807) is 31.4 Å². The van der Waals surface area contributed by atoms with Crippen LogP contribution < -0.4 is 4.74 Å². The highest BCUT2D eigenvalue weighted by Crippen LogP contribution is 2.34. The van der Waals surface area contributed by atoms with Crippen LogP contribution in [0.1, 0.15) is 11.4 Å². The molecule has 0 aliphatic rings. The zero-order valence-electron chi connectivity index (χ0n) is 12.5. The zero-order valence-corrected chi connectivity index (χ0v) is 14.8. The topological polar surface area (TPSA) is 81.9 Å². The molecular formula is C17H11BrClN3O2. The fraction of sp³-hybridized carbons (Fsp3) is 0.0588. The molecule has 0 spiro atoms. The standard InChI is InChI=1S/C17H11BrClN3O2/c1-24-11-2-3-14-15(7-11)22-17(21-14)10(8-20)4-9-5-12(18)16(23)13(19)6-9/h2-7,23H,1H3,(H,21,22)/b10-4+. The van der Waals surface area contributed by atoms with Crippen molar-refractivity contribution in [1.29, 1.82) is 5.26 Å². The number of phenols is 1. The number of aromatic amines is 1. The van der Waals surface area contributed by atoms with Crippen molar-refractivity contribution in [2.24, 2.45) is 0 Å². The minimum atomic E-state index is -0.0387. The number of rotatable bonds is 3. The molecule has 3 rings (SSSR count). The number of aromatic hydroxyl groups is 1. The lowest BCUT2D eigenvalue weighted by atomic mass is 10.1. The number of fused-ring (bicyclic) bond motifs is 1. The number of hydrogen-bond acceptors (Lipinski definition) is 4. The summed E-state index contributed by atoms with van der Waals surface area (Å²) in [6, 6.07) is 10.8.